The summed E-state index contributed by atoms with van der Waals surface area (Å²) in [4.78, 5) is 11.7. The minimum absolute atomic E-state index is 0.000370. The number of hydrogen-bond donors (Lipinski definition) is 0. The Morgan fingerprint density at radius 3 is 2.88 bits per heavy atom. The molecule has 1 saturated heterocycles. The van der Waals surface area contributed by atoms with Crippen LogP contribution >= 0.6 is 0 Å². The minimum atomic E-state index is -0.146. The summed E-state index contributed by atoms with van der Waals surface area (Å²) < 4.78 is 5.44. The highest BCUT2D eigenvalue weighted by atomic mass is 16.5. The van der Waals surface area contributed by atoms with Gasteiger partial charge in [0.1, 0.15) is 6.10 Å². The zero-order valence-corrected chi connectivity index (χ0v) is 10.7. The Hall–Kier alpha value is -1.31. The average Bonchev–Trinajstić information content (AvgIpc) is 2.61. The highest BCUT2D eigenvalue weighted by molar-refractivity contribution is 5.96. The quantitative estimate of drug-likeness (QED) is 0.361. The Bertz CT molecular complexity index is 399. The minimum Gasteiger partial charge on any atom is -0.454 e. The molecule has 0 radical (unpaired) electrons. The summed E-state index contributed by atoms with van der Waals surface area (Å²) in [6.45, 7) is 4.09. The third kappa shape index (κ3) is 2.68. The van der Waals surface area contributed by atoms with E-state index in [-0.39, 0.29) is 12.1 Å². The zero-order chi connectivity index (χ0) is 12.3. The molecule has 2 aliphatic rings. The van der Waals surface area contributed by atoms with Gasteiger partial charge in [-0.3, -0.25) is 0 Å². The van der Waals surface area contributed by atoms with Gasteiger partial charge in [0.2, 0.25) is 0 Å². The van der Waals surface area contributed by atoms with Gasteiger partial charge in [-0.1, -0.05) is 23.8 Å². The molecule has 0 N–H and O–H groups in total. The van der Waals surface area contributed by atoms with Crippen LogP contribution in [0.15, 0.2) is 34.9 Å². The molecule has 1 fully saturated rings. The van der Waals surface area contributed by atoms with E-state index < -0.39 is 0 Å². The van der Waals surface area contributed by atoms with Gasteiger partial charge < -0.3 is 4.74 Å². The van der Waals surface area contributed by atoms with Crippen molar-refractivity contribution in [3.8, 4) is 0 Å². The lowest BCUT2D eigenvalue weighted by atomic mass is 9.95. The molecule has 1 aliphatic heterocycles. The van der Waals surface area contributed by atoms with E-state index >= 15 is 0 Å². The molecule has 0 saturated carbocycles. The van der Waals surface area contributed by atoms with Crippen molar-refractivity contribution in [2.24, 2.45) is 0 Å². The first-order valence-corrected chi connectivity index (χ1v) is 6.45. The molecule has 0 bridgehead atoms. The predicted molar refractivity (Wildman–Crippen MR) is 68.6 cm³/mol. The van der Waals surface area contributed by atoms with Crippen molar-refractivity contribution in [3.05, 3.63) is 34.9 Å². The molecular weight excluding hydrogens is 212 g/mol. The first-order valence-electron chi connectivity index (χ1n) is 6.45. The van der Waals surface area contributed by atoms with Gasteiger partial charge in [-0.05, 0) is 46.0 Å². The lowest BCUT2D eigenvalue weighted by molar-refractivity contribution is -0.138. The fraction of sp³-hybridized carbons (Fsp3) is 0.533. The summed E-state index contributed by atoms with van der Waals surface area (Å²) in [5, 5.41) is 0. The second-order valence-electron chi connectivity index (χ2n) is 4.78. The zero-order valence-electron chi connectivity index (χ0n) is 10.7. The van der Waals surface area contributed by atoms with Gasteiger partial charge in [-0.2, -0.15) is 0 Å². The third-order valence-corrected chi connectivity index (χ3v) is 3.48. The smallest absolute Gasteiger partial charge is 0.338 e. The largest absolute Gasteiger partial charge is 0.454 e. The molecular formula is C15H20O2. The monoisotopic (exact) mass is 232 g/mol. The van der Waals surface area contributed by atoms with Crippen LogP contribution in [-0.2, 0) is 9.53 Å². The van der Waals surface area contributed by atoms with E-state index in [1.165, 1.54) is 5.57 Å². The highest BCUT2D eigenvalue weighted by Gasteiger charge is 2.33. The summed E-state index contributed by atoms with van der Waals surface area (Å²) in [6, 6.07) is 0. The third-order valence-electron chi connectivity index (χ3n) is 3.48. The molecule has 2 rings (SSSR count). The van der Waals surface area contributed by atoms with Crippen molar-refractivity contribution in [1.82, 2.24) is 0 Å². The van der Waals surface area contributed by atoms with Crippen LogP contribution in [0.1, 0.15) is 46.0 Å². The van der Waals surface area contributed by atoms with Crippen LogP contribution in [0.4, 0.5) is 0 Å². The molecule has 0 aromatic carbocycles. The molecule has 0 amide bonds. The van der Waals surface area contributed by atoms with Crippen molar-refractivity contribution in [1.29, 1.82) is 0 Å². The Balaban J connectivity index is 2.21. The average molecular weight is 232 g/mol. The molecule has 2 nitrogen and oxygen atoms in total. The number of allylic oxidation sites excluding steroid dienone is 4. The van der Waals surface area contributed by atoms with Crippen molar-refractivity contribution in [2.45, 2.75) is 52.1 Å². The van der Waals surface area contributed by atoms with Gasteiger partial charge in [0.05, 0.1) is 5.57 Å². The van der Waals surface area contributed by atoms with Crippen LogP contribution in [0.25, 0.3) is 0 Å². The van der Waals surface area contributed by atoms with Gasteiger partial charge in [-0.25, -0.2) is 4.79 Å². The summed E-state index contributed by atoms with van der Waals surface area (Å²) in [7, 11) is 0. The van der Waals surface area contributed by atoms with Crippen LogP contribution in [-0.4, -0.2) is 12.1 Å². The Morgan fingerprint density at radius 1 is 1.35 bits per heavy atom. The van der Waals surface area contributed by atoms with Crippen molar-refractivity contribution >= 4 is 5.97 Å². The van der Waals surface area contributed by atoms with Crippen molar-refractivity contribution < 1.29 is 9.53 Å². The molecule has 1 atom stereocenters. The lowest BCUT2D eigenvalue weighted by Gasteiger charge is -2.12. The molecule has 1 aliphatic carbocycles. The Kier molecular flexibility index (Phi) is 3.82. The van der Waals surface area contributed by atoms with Crippen molar-refractivity contribution in [3.63, 3.8) is 0 Å². The molecule has 1 unspecified atom stereocenters. The van der Waals surface area contributed by atoms with Crippen LogP contribution in [0.3, 0.4) is 0 Å². The number of rotatable bonds is 0. The number of carbonyl (C=O) groups excluding carboxylic acids is 1. The van der Waals surface area contributed by atoms with Gasteiger partial charge in [0, 0.05) is 5.57 Å². The summed E-state index contributed by atoms with van der Waals surface area (Å²) in [6.07, 6.45) is 11.6. The molecule has 0 aromatic rings. The van der Waals surface area contributed by atoms with E-state index in [1.807, 2.05) is 13.0 Å². The summed E-state index contributed by atoms with van der Waals surface area (Å²) >= 11 is 0. The van der Waals surface area contributed by atoms with Gasteiger partial charge in [-0.15, -0.1) is 0 Å². The molecule has 17 heavy (non-hydrogen) atoms. The Morgan fingerprint density at radius 2 is 2.12 bits per heavy atom. The van der Waals surface area contributed by atoms with E-state index in [0.29, 0.717) is 0 Å². The number of esters is 1. The lowest BCUT2D eigenvalue weighted by Crippen LogP contribution is -2.09. The second-order valence-corrected chi connectivity index (χ2v) is 4.78. The predicted octanol–water partition coefficient (Wildman–Crippen LogP) is 3.69. The Labute approximate surface area is 103 Å². The normalized spacial score (nSPS) is 34.4. The van der Waals surface area contributed by atoms with Crippen LogP contribution < -0.4 is 0 Å². The topological polar surface area (TPSA) is 26.3 Å². The molecule has 92 valence electrons. The van der Waals surface area contributed by atoms with Gasteiger partial charge >= 0.3 is 5.97 Å². The fourth-order valence-electron chi connectivity index (χ4n) is 2.52. The van der Waals surface area contributed by atoms with E-state index in [1.54, 1.807) is 0 Å². The first kappa shape index (κ1) is 12.2. The maximum absolute atomic E-state index is 11.7. The van der Waals surface area contributed by atoms with Crippen LogP contribution in [0.5, 0.6) is 0 Å². The molecule has 1 heterocycles. The summed E-state index contributed by atoms with van der Waals surface area (Å²) in [5.41, 5.74) is 3.35. The first-order chi connectivity index (χ1) is 8.22. The number of carbonyl (C=O) groups is 1. The number of hydrogen-bond acceptors (Lipinski definition) is 2. The maximum atomic E-state index is 11.7. The van der Waals surface area contributed by atoms with Crippen LogP contribution in [0.2, 0.25) is 0 Å². The standard InChI is InChI=1S/C15H20O2/c1-3-12-13-9-5-4-7-11(2)8-6-10-14(13)17-15(12)16/h3,7,9,14H,4-6,8,10H2,1-2H3/b11-7-,12-3-,13-9-. The van der Waals surface area contributed by atoms with E-state index in [2.05, 4.69) is 19.1 Å². The van der Waals surface area contributed by atoms with Crippen molar-refractivity contribution in [2.75, 3.05) is 0 Å². The second kappa shape index (κ2) is 5.35. The van der Waals surface area contributed by atoms with E-state index in [4.69, 9.17) is 4.74 Å². The van der Waals surface area contributed by atoms with E-state index in [0.717, 1.165) is 43.3 Å². The molecule has 0 spiro atoms. The maximum Gasteiger partial charge on any atom is 0.338 e. The van der Waals surface area contributed by atoms with E-state index in [9.17, 15) is 4.79 Å². The SMILES string of the molecule is C/C=C1C(=O)OC2CCC/C(C)=C\CC\C=C\12. The highest BCUT2D eigenvalue weighted by Crippen LogP contribution is 2.31. The van der Waals surface area contributed by atoms with Gasteiger partial charge in [0.25, 0.3) is 0 Å². The van der Waals surface area contributed by atoms with Crippen LogP contribution in [0, 0.1) is 0 Å². The molecule has 2 heteroatoms. The fourth-order valence-corrected chi connectivity index (χ4v) is 2.52. The number of fused-ring (bicyclic) bond motifs is 1. The number of ether oxygens (including phenoxy) is 1. The van der Waals surface area contributed by atoms with Gasteiger partial charge in [0.15, 0.2) is 0 Å². The molecule has 0 aromatic heterocycles. The summed E-state index contributed by atoms with van der Waals surface area (Å²) in [5.74, 6) is -0.146.